The van der Waals surface area contributed by atoms with Crippen molar-refractivity contribution in [1.82, 2.24) is 5.32 Å². The van der Waals surface area contributed by atoms with Crippen LogP contribution in [0.2, 0.25) is 0 Å². The first-order valence-corrected chi connectivity index (χ1v) is 8.73. The predicted octanol–water partition coefficient (Wildman–Crippen LogP) is 1.32. The summed E-state index contributed by atoms with van der Waals surface area (Å²) in [6.07, 6.45) is 0.296. The molecule has 0 spiro atoms. The van der Waals surface area contributed by atoms with E-state index in [0.717, 1.165) is 11.3 Å². The van der Waals surface area contributed by atoms with E-state index in [1.165, 1.54) is 21.3 Å². The molecule has 0 atom stereocenters. The van der Waals surface area contributed by atoms with Gasteiger partial charge in [0.25, 0.3) is 11.8 Å². The number of methoxy groups -OCH3 is 3. The molecule has 3 aliphatic rings. The topological polar surface area (TPSA) is 86.2 Å². The Labute approximate surface area is 159 Å². The molecule has 2 aliphatic heterocycles. The van der Waals surface area contributed by atoms with Gasteiger partial charge in [0.1, 0.15) is 5.76 Å². The lowest BCUT2D eigenvalue weighted by Crippen LogP contribution is -2.38. The molecule has 2 heterocycles. The van der Waals surface area contributed by atoms with Crippen LogP contribution in [0.1, 0.15) is 26.3 Å². The Morgan fingerprint density at radius 2 is 1.61 bits per heavy atom. The summed E-state index contributed by atoms with van der Waals surface area (Å²) in [7, 11) is 4.60. The number of imide groups is 1. The summed E-state index contributed by atoms with van der Waals surface area (Å²) in [5.41, 5.74) is 3.58. The summed E-state index contributed by atoms with van der Waals surface area (Å²) in [5.74, 6) is 0.580. The van der Waals surface area contributed by atoms with E-state index in [9.17, 15) is 9.59 Å². The zero-order chi connectivity index (χ0) is 19.6. The number of fused-ring (bicyclic) bond motifs is 8. The molecule has 140 valence electrons. The van der Waals surface area contributed by atoms with Crippen molar-refractivity contribution >= 4 is 23.3 Å². The van der Waals surface area contributed by atoms with Gasteiger partial charge in [0, 0.05) is 17.5 Å². The number of para-hydroxylation sites is 1. The number of ether oxygens (including phenoxy) is 3. The second-order valence-corrected chi connectivity index (χ2v) is 6.61. The number of allylic oxidation sites excluding steroid dienone is 1. The zero-order valence-electron chi connectivity index (χ0n) is 15.5. The number of carbonyl (C=O) groups is 2. The van der Waals surface area contributed by atoms with Crippen LogP contribution in [0.15, 0.2) is 40.8 Å². The lowest BCUT2D eigenvalue weighted by molar-refractivity contribution is 0.0879. The number of benzene rings is 2. The molecular weight excluding hydrogens is 360 g/mol. The minimum absolute atomic E-state index is 0.296. The van der Waals surface area contributed by atoms with Crippen molar-refractivity contribution in [3.05, 3.63) is 63.1 Å². The maximum absolute atomic E-state index is 12.7. The normalized spacial score (nSPS) is 16.0. The fraction of sp³-hybridized carbons (Fsp3) is 0.190. The van der Waals surface area contributed by atoms with Crippen LogP contribution in [0, 0.1) is 0 Å². The van der Waals surface area contributed by atoms with Crippen molar-refractivity contribution in [2.45, 2.75) is 6.42 Å². The third-order valence-corrected chi connectivity index (χ3v) is 5.34. The van der Waals surface area contributed by atoms with Crippen LogP contribution < -0.4 is 15.9 Å². The van der Waals surface area contributed by atoms with Crippen LogP contribution in [0.25, 0.3) is 16.9 Å². The van der Waals surface area contributed by atoms with Crippen molar-refractivity contribution in [3.8, 4) is 11.1 Å². The number of nitrogens with one attached hydrogen (secondary N) is 1. The van der Waals surface area contributed by atoms with E-state index < -0.39 is 11.8 Å². The lowest BCUT2D eigenvalue weighted by atomic mass is 9.87. The zero-order valence-corrected chi connectivity index (χ0v) is 15.5. The van der Waals surface area contributed by atoms with Crippen molar-refractivity contribution in [3.63, 3.8) is 0 Å². The third-order valence-electron chi connectivity index (χ3n) is 5.34. The molecular formula is C21H16N2O5. The number of rotatable bonds is 3. The van der Waals surface area contributed by atoms with Gasteiger partial charge < -0.3 is 14.2 Å². The molecule has 5 rings (SSSR count). The molecule has 2 aromatic carbocycles. The SMILES string of the molecule is COC1=C(OC)C(OC)=c2c(c3c(c4c2=Nc2ccccc2-4)C(=O)NC3=O)C1. The Kier molecular flexibility index (Phi) is 3.37. The molecule has 0 radical (unpaired) electrons. The van der Waals surface area contributed by atoms with Gasteiger partial charge in [-0.2, -0.15) is 0 Å². The molecule has 1 aliphatic carbocycles. The van der Waals surface area contributed by atoms with Gasteiger partial charge in [-0.05, 0) is 11.6 Å². The molecule has 0 saturated carbocycles. The average molecular weight is 376 g/mol. The van der Waals surface area contributed by atoms with Crippen molar-refractivity contribution < 1.29 is 23.8 Å². The number of amides is 2. The highest BCUT2D eigenvalue weighted by molar-refractivity contribution is 6.25. The van der Waals surface area contributed by atoms with Crippen LogP contribution in [0.4, 0.5) is 5.69 Å². The summed E-state index contributed by atoms with van der Waals surface area (Å²) >= 11 is 0. The Morgan fingerprint density at radius 3 is 2.32 bits per heavy atom. The highest BCUT2D eigenvalue weighted by Crippen LogP contribution is 2.38. The number of hydrogen-bond acceptors (Lipinski definition) is 6. The van der Waals surface area contributed by atoms with Crippen molar-refractivity contribution in [1.29, 1.82) is 0 Å². The Bertz CT molecular complexity index is 1260. The van der Waals surface area contributed by atoms with Crippen molar-refractivity contribution in [2.24, 2.45) is 4.99 Å². The largest absolute Gasteiger partial charge is 0.497 e. The van der Waals surface area contributed by atoms with Crippen LogP contribution in [-0.4, -0.2) is 33.1 Å². The van der Waals surface area contributed by atoms with E-state index in [1.807, 2.05) is 24.3 Å². The molecule has 0 unspecified atom stereocenters. The Hall–Kier alpha value is -3.61. The maximum atomic E-state index is 12.7. The monoisotopic (exact) mass is 376 g/mol. The smallest absolute Gasteiger partial charge is 0.259 e. The second-order valence-electron chi connectivity index (χ2n) is 6.61. The molecule has 2 aromatic rings. The number of hydrogen-bond donors (Lipinski definition) is 1. The van der Waals surface area contributed by atoms with E-state index in [1.54, 1.807) is 0 Å². The molecule has 7 heteroatoms. The average Bonchev–Trinajstić information content (AvgIpc) is 3.23. The lowest BCUT2D eigenvalue weighted by Gasteiger charge is -2.22. The molecule has 0 saturated heterocycles. The molecule has 2 amide bonds. The van der Waals surface area contributed by atoms with Gasteiger partial charge in [-0.15, -0.1) is 0 Å². The first-order chi connectivity index (χ1) is 13.6. The van der Waals surface area contributed by atoms with E-state index >= 15 is 0 Å². The third kappa shape index (κ3) is 1.90. The van der Waals surface area contributed by atoms with Crippen LogP contribution in [-0.2, 0) is 20.6 Å². The highest BCUT2D eigenvalue weighted by atomic mass is 16.5. The van der Waals surface area contributed by atoms with Crippen molar-refractivity contribution in [2.75, 3.05) is 21.3 Å². The molecule has 0 fully saturated rings. The molecule has 28 heavy (non-hydrogen) atoms. The minimum Gasteiger partial charge on any atom is -0.497 e. The summed E-state index contributed by atoms with van der Waals surface area (Å²) in [5, 5.41) is 3.70. The van der Waals surface area contributed by atoms with Gasteiger partial charge in [-0.25, -0.2) is 4.99 Å². The fourth-order valence-electron chi connectivity index (χ4n) is 4.24. The number of nitrogens with zero attached hydrogens (tertiary/aromatic N) is 1. The molecule has 7 nitrogen and oxygen atoms in total. The van der Waals surface area contributed by atoms with Gasteiger partial charge in [0.15, 0.2) is 11.5 Å². The van der Waals surface area contributed by atoms with Gasteiger partial charge in [0.05, 0.1) is 48.7 Å². The highest BCUT2D eigenvalue weighted by Gasteiger charge is 2.39. The Balaban J connectivity index is 2.05. The van der Waals surface area contributed by atoms with Gasteiger partial charge in [-0.3, -0.25) is 14.9 Å². The van der Waals surface area contributed by atoms with Crippen LogP contribution >= 0.6 is 0 Å². The quantitative estimate of drug-likeness (QED) is 0.697. The second kappa shape index (κ2) is 5.69. The summed E-state index contributed by atoms with van der Waals surface area (Å²) in [4.78, 5) is 30.1. The van der Waals surface area contributed by atoms with E-state index in [2.05, 4.69) is 5.32 Å². The summed E-state index contributed by atoms with van der Waals surface area (Å²) < 4.78 is 16.7. The van der Waals surface area contributed by atoms with E-state index in [-0.39, 0.29) is 0 Å². The van der Waals surface area contributed by atoms with Gasteiger partial charge >= 0.3 is 0 Å². The maximum Gasteiger partial charge on any atom is 0.259 e. The van der Waals surface area contributed by atoms with E-state index in [0.29, 0.717) is 56.5 Å². The minimum atomic E-state index is -0.421. The molecule has 0 bridgehead atoms. The van der Waals surface area contributed by atoms with Crippen LogP contribution in [0.3, 0.4) is 0 Å². The van der Waals surface area contributed by atoms with Gasteiger partial charge in [0.2, 0.25) is 0 Å². The van der Waals surface area contributed by atoms with E-state index in [4.69, 9.17) is 19.2 Å². The Morgan fingerprint density at radius 1 is 0.893 bits per heavy atom. The molecule has 1 N–H and O–H groups in total. The standard InChI is InChI=1S/C21H16N2O5/c1-26-12-8-10-14-16(21(25)23-20(14)24)13-9-6-4-5-7-11(9)22-17(13)15(10)19(28-3)18(12)27-2/h4-7H,8H2,1-3H3,(H,23,24,25). The van der Waals surface area contributed by atoms with Crippen LogP contribution in [0.5, 0.6) is 0 Å². The predicted molar refractivity (Wildman–Crippen MR) is 99.3 cm³/mol. The number of carbonyl (C=O) groups excluding carboxylic acids is 2. The molecule has 0 aromatic heterocycles. The fourth-order valence-corrected chi connectivity index (χ4v) is 4.24. The first-order valence-electron chi connectivity index (χ1n) is 8.73. The summed E-state index contributed by atoms with van der Waals surface area (Å²) in [6, 6.07) is 7.55. The first kappa shape index (κ1) is 16.6. The van der Waals surface area contributed by atoms with Gasteiger partial charge in [-0.1, -0.05) is 18.2 Å². The summed E-state index contributed by atoms with van der Waals surface area (Å²) in [6.45, 7) is 0.